The van der Waals surface area contributed by atoms with Gasteiger partial charge < -0.3 is 14.6 Å². The average Bonchev–Trinajstić information content (AvgIpc) is 3.43. The third-order valence-electron chi connectivity index (χ3n) is 7.16. The molecule has 4 heterocycles. The molecule has 0 bridgehead atoms. The Labute approximate surface area is 214 Å². The van der Waals surface area contributed by atoms with E-state index in [-0.39, 0.29) is 18.7 Å². The van der Waals surface area contributed by atoms with Crippen LogP contribution in [-0.2, 0) is 17.7 Å². The van der Waals surface area contributed by atoms with Gasteiger partial charge in [0.25, 0.3) is 0 Å². The number of halogens is 3. The van der Waals surface area contributed by atoms with E-state index in [1.165, 1.54) is 4.90 Å². The van der Waals surface area contributed by atoms with Crippen LogP contribution in [0.25, 0.3) is 22.2 Å². The number of hydrogen-bond acceptors (Lipinski definition) is 4. The van der Waals surface area contributed by atoms with Crippen LogP contribution < -0.4 is 0 Å². The number of benzene rings is 1. The van der Waals surface area contributed by atoms with Crippen LogP contribution in [0.1, 0.15) is 61.9 Å². The molecule has 6 nitrogen and oxygen atoms in total. The molecule has 9 heteroatoms. The lowest BCUT2D eigenvalue weighted by molar-refractivity contribution is -0.147. The molecule has 0 aliphatic carbocycles. The predicted molar refractivity (Wildman–Crippen MR) is 136 cm³/mol. The van der Waals surface area contributed by atoms with Gasteiger partial charge >= 0.3 is 12.3 Å². The number of pyridine rings is 1. The minimum absolute atomic E-state index is 0.177. The number of aromatic nitrogens is 2. The molecule has 0 unspecified atom stereocenters. The first-order valence-corrected chi connectivity index (χ1v) is 12.8. The van der Waals surface area contributed by atoms with E-state index in [2.05, 4.69) is 22.1 Å². The van der Waals surface area contributed by atoms with Gasteiger partial charge in [-0.1, -0.05) is 0 Å². The number of amides is 1. The third kappa shape index (κ3) is 5.46. The SMILES string of the molecule is Cc1c[nH]c2ncc(-c3cc4c(c([C@@H]5CCCN5C(=O)OC(C)(C)C)c3)CCN(CC(F)(F)F)C4)cc12. The molecule has 198 valence electrons. The van der Waals surface area contributed by atoms with Crippen molar-refractivity contribution in [1.82, 2.24) is 19.8 Å². The number of nitrogens with one attached hydrogen (secondary N) is 1. The van der Waals surface area contributed by atoms with Gasteiger partial charge in [-0.15, -0.1) is 0 Å². The molecular formula is C28H33F3N4O2. The highest BCUT2D eigenvalue weighted by molar-refractivity contribution is 5.84. The summed E-state index contributed by atoms with van der Waals surface area (Å²) in [7, 11) is 0. The van der Waals surface area contributed by atoms with E-state index >= 15 is 0 Å². The quantitative estimate of drug-likeness (QED) is 0.432. The summed E-state index contributed by atoms with van der Waals surface area (Å²) in [6, 6.07) is 5.99. The van der Waals surface area contributed by atoms with Crippen LogP contribution in [0, 0.1) is 6.92 Å². The molecule has 1 amide bonds. The molecule has 0 radical (unpaired) electrons. The van der Waals surface area contributed by atoms with Gasteiger partial charge in [0.15, 0.2) is 0 Å². The lowest BCUT2D eigenvalue weighted by Gasteiger charge is -2.34. The van der Waals surface area contributed by atoms with Crippen molar-refractivity contribution in [2.75, 3.05) is 19.6 Å². The largest absolute Gasteiger partial charge is 0.444 e. The Morgan fingerprint density at radius 1 is 1.16 bits per heavy atom. The average molecular weight is 515 g/mol. The Morgan fingerprint density at radius 2 is 1.95 bits per heavy atom. The van der Waals surface area contributed by atoms with Crippen molar-refractivity contribution in [2.24, 2.45) is 0 Å². The second kappa shape index (κ2) is 9.35. The van der Waals surface area contributed by atoms with E-state index < -0.39 is 18.3 Å². The fraction of sp³-hybridized carbons (Fsp3) is 0.500. The zero-order valence-corrected chi connectivity index (χ0v) is 21.7. The second-order valence-corrected chi connectivity index (χ2v) is 11.2. The summed E-state index contributed by atoms with van der Waals surface area (Å²) in [6.45, 7) is 7.75. The molecule has 2 aliphatic heterocycles. The highest BCUT2D eigenvalue weighted by Crippen LogP contribution is 2.40. The van der Waals surface area contributed by atoms with Crippen molar-refractivity contribution in [2.45, 2.75) is 71.3 Å². The van der Waals surface area contributed by atoms with Crippen molar-refractivity contribution in [3.63, 3.8) is 0 Å². The van der Waals surface area contributed by atoms with Gasteiger partial charge in [0, 0.05) is 43.0 Å². The number of carbonyl (C=O) groups is 1. The van der Waals surface area contributed by atoms with Crippen LogP contribution in [-0.4, -0.2) is 57.3 Å². The standard InChI is InChI=1S/C28H33F3N4O2/c1-17-13-32-25-22(17)12-19(14-33-25)18-10-20-15-34(16-28(29,30)31)9-7-21(20)23(11-18)24-6-5-8-35(24)26(36)37-27(2,3)4/h10-14,24H,5-9,15-16H2,1-4H3,(H,32,33)/t24-/m0/s1. The number of fused-ring (bicyclic) bond motifs is 2. The highest BCUT2D eigenvalue weighted by Gasteiger charge is 2.37. The number of aryl methyl sites for hydroxylation is 1. The summed E-state index contributed by atoms with van der Waals surface area (Å²) in [4.78, 5) is 24.0. The van der Waals surface area contributed by atoms with E-state index in [4.69, 9.17) is 4.74 Å². The predicted octanol–water partition coefficient (Wildman–Crippen LogP) is 6.53. The van der Waals surface area contributed by atoms with Gasteiger partial charge in [-0.05, 0) is 93.0 Å². The minimum atomic E-state index is -4.25. The fourth-order valence-corrected chi connectivity index (χ4v) is 5.57. The number of aromatic amines is 1. The van der Waals surface area contributed by atoms with E-state index in [1.54, 1.807) is 11.1 Å². The summed E-state index contributed by atoms with van der Waals surface area (Å²) >= 11 is 0. The maximum atomic E-state index is 13.2. The van der Waals surface area contributed by atoms with Crippen molar-refractivity contribution in [3.05, 3.63) is 52.8 Å². The Balaban J connectivity index is 1.58. The van der Waals surface area contributed by atoms with E-state index in [1.807, 2.05) is 40.0 Å². The molecule has 1 atom stereocenters. The van der Waals surface area contributed by atoms with E-state index in [0.29, 0.717) is 19.5 Å². The summed E-state index contributed by atoms with van der Waals surface area (Å²) in [5, 5.41) is 1.01. The molecule has 2 aliphatic rings. The monoisotopic (exact) mass is 514 g/mol. The van der Waals surface area contributed by atoms with Crippen molar-refractivity contribution in [3.8, 4) is 11.1 Å². The number of nitrogens with zero attached hydrogens (tertiary/aromatic N) is 3. The summed E-state index contributed by atoms with van der Waals surface area (Å²) in [5.74, 6) is 0. The fourth-order valence-electron chi connectivity index (χ4n) is 5.57. The first-order chi connectivity index (χ1) is 17.4. The molecule has 1 fully saturated rings. The lowest BCUT2D eigenvalue weighted by Crippen LogP contribution is -2.39. The number of carbonyl (C=O) groups excluding carboxylic acids is 1. The zero-order valence-electron chi connectivity index (χ0n) is 21.7. The first-order valence-electron chi connectivity index (χ1n) is 12.8. The number of H-pyrrole nitrogens is 1. The normalized spacial score (nSPS) is 18.9. The molecule has 37 heavy (non-hydrogen) atoms. The summed E-state index contributed by atoms with van der Waals surface area (Å²) in [6.07, 6.45) is 1.24. The molecule has 1 saturated heterocycles. The van der Waals surface area contributed by atoms with Crippen LogP contribution in [0.2, 0.25) is 0 Å². The molecule has 5 rings (SSSR count). The maximum Gasteiger partial charge on any atom is 0.410 e. The van der Waals surface area contributed by atoms with Gasteiger partial charge in [-0.2, -0.15) is 13.2 Å². The van der Waals surface area contributed by atoms with Gasteiger partial charge in [-0.25, -0.2) is 9.78 Å². The van der Waals surface area contributed by atoms with Gasteiger partial charge in [0.2, 0.25) is 0 Å². The number of rotatable bonds is 3. The molecule has 1 N–H and O–H groups in total. The van der Waals surface area contributed by atoms with Crippen LogP contribution in [0.5, 0.6) is 0 Å². The Morgan fingerprint density at radius 3 is 2.68 bits per heavy atom. The minimum Gasteiger partial charge on any atom is -0.444 e. The number of alkyl halides is 3. The van der Waals surface area contributed by atoms with Crippen molar-refractivity contribution >= 4 is 17.1 Å². The van der Waals surface area contributed by atoms with Crippen molar-refractivity contribution < 1.29 is 22.7 Å². The summed E-state index contributed by atoms with van der Waals surface area (Å²) in [5.41, 5.74) is 5.99. The Hall–Kier alpha value is -3.07. The lowest BCUT2D eigenvalue weighted by atomic mass is 9.86. The second-order valence-electron chi connectivity index (χ2n) is 11.2. The van der Waals surface area contributed by atoms with Gasteiger partial charge in [0.1, 0.15) is 11.2 Å². The van der Waals surface area contributed by atoms with Gasteiger partial charge in [-0.3, -0.25) is 4.90 Å². The summed E-state index contributed by atoms with van der Waals surface area (Å²) < 4.78 is 45.3. The van der Waals surface area contributed by atoms with Crippen LogP contribution in [0.15, 0.2) is 30.6 Å². The molecular weight excluding hydrogens is 481 g/mol. The number of likely N-dealkylation sites (tertiary alicyclic amines) is 1. The van der Waals surface area contributed by atoms with Crippen LogP contribution >= 0.6 is 0 Å². The topological polar surface area (TPSA) is 61.5 Å². The Bertz CT molecular complexity index is 1330. The molecule has 2 aromatic heterocycles. The molecule has 1 aromatic carbocycles. The number of hydrogen-bond donors (Lipinski definition) is 1. The van der Waals surface area contributed by atoms with Crippen LogP contribution in [0.3, 0.4) is 0 Å². The highest BCUT2D eigenvalue weighted by atomic mass is 19.4. The smallest absolute Gasteiger partial charge is 0.410 e. The van der Waals surface area contributed by atoms with E-state index in [9.17, 15) is 18.0 Å². The number of ether oxygens (including phenoxy) is 1. The van der Waals surface area contributed by atoms with Crippen molar-refractivity contribution in [1.29, 1.82) is 0 Å². The maximum absolute atomic E-state index is 13.2. The van der Waals surface area contributed by atoms with Crippen LogP contribution in [0.4, 0.5) is 18.0 Å². The van der Waals surface area contributed by atoms with Gasteiger partial charge in [0.05, 0.1) is 12.6 Å². The Kier molecular flexibility index (Phi) is 6.46. The molecule has 0 saturated carbocycles. The zero-order chi connectivity index (χ0) is 26.5. The molecule has 3 aromatic rings. The van der Waals surface area contributed by atoms with E-state index in [0.717, 1.165) is 57.3 Å². The molecule has 0 spiro atoms. The first kappa shape index (κ1) is 25.6. The third-order valence-corrected chi connectivity index (χ3v) is 7.16.